The van der Waals surface area contributed by atoms with Gasteiger partial charge in [-0.2, -0.15) is 0 Å². The van der Waals surface area contributed by atoms with Crippen molar-refractivity contribution in [2.24, 2.45) is 0 Å². The van der Waals surface area contributed by atoms with Crippen LogP contribution < -0.4 is 9.47 Å². The van der Waals surface area contributed by atoms with Crippen LogP contribution in [-0.2, 0) is 4.79 Å². The van der Waals surface area contributed by atoms with Gasteiger partial charge in [0.2, 0.25) is 5.60 Å². The lowest BCUT2D eigenvalue weighted by Gasteiger charge is -2.37. The zero-order chi connectivity index (χ0) is 13.9. The number of aliphatic carboxylic acids is 1. The lowest BCUT2D eigenvalue weighted by atomic mass is 9.91. The molecule has 1 heterocycles. The highest BCUT2D eigenvalue weighted by molar-refractivity contribution is 5.78. The summed E-state index contributed by atoms with van der Waals surface area (Å²) in [6, 6.07) is 7.14. The Kier molecular flexibility index (Phi) is 3.95. The third-order valence-electron chi connectivity index (χ3n) is 3.56. The summed E-state index contributed by atoms with van der Waals surface area (Å²) < 4.78 is 11.0. The number of piperidine rings is 1. The van der Waals surface area contributed by atoms with Crippen LogP contribution in [0.25, 0.3) is 0 Å². The number of benzene rings is 1. The predicted octanol–water partition coefficient (Wildman–Crippen LogP) is 1.62. The number of hydrogen-bond acceptors (Lipinski definition) is 4. The number of ether oxygens (including phenoxy) is 2. The van der Waals surface area contributed by atoms with Crippen molar-refractivity contribution < 1.29 is 19.4 Å². The van der Waals surface area contributed by atoms with E-state index < -0.39 is 11.6 Å². The number of para-hydroxylation sites is 2. The number of rotatable bonds is 4. The molecule has 0 unspecified atom stereocenters. The molecule has 104 valence electrons. The molecule has 1 aromatic carbocycles. The maximum Gasteiger partial charge on any atom is 0.348 e. The molecule has 5 nitrogen and oxygen atoms in total. The second-order valence-electron chi connectivity index (χ2n) is 4.86. The molecular weight excluding hydrogens is 246 g/mol. The Bertz CT molecular complexity index is 453. The van der Waals surface area contributed by atoms with Crippen LogP contribution in [0.2, 0.25) is 0 Å². The van der Waals surface area contributed by atoms with Crippen molar-refractivity contribution >= 4 is 5.97 Å². The maximum atomic E-state index is 11.6. The molecule has 5 heteroatoms. The summed E-state index contributed by atoms with van der Waals surface area (Å²) >= 11 is 0. The van der Waals surface area contributed by atoms with Crippen molar-refractivity contribution in [2.75, 3.05) is 27.2 Å². The Morgan fingerprint density at radius 2 is 1.84 bits per heavy atom. The number of carboxylic acids is 1. The summed E-state index contributed by atoms with van der Waals surface area (Å²) in [4.78, 5) is 13.7. The van der Waals surface area contributed by atoms with Crippen molar-refractivity contribution in [1.29, 1.82) is 0 Å². The summed E-state index contributed by atoms with van der Waals surface area (Å²) in [5.41, 5.74) is -1.15. The van der Waals surface area contributed by atoms with Crippen LogP contribution in [-0.4, -0.2) is 48.8 Å². The van der Waals surface area contributed by atoms with Crippen LogP contribution >= 0.6 is 0 Å². The molecule has 1 aliphatic rings. The fourth-order valence-electron chi connectivity index (χ4n) is 2.25. The highest BCUT2D eigenvalue weighted by Crippen LogP contribution is 2.34. The van der Waals surface area contributed by atoms with Crippen molar-refractivity contribution in [2.45, 2.75) is 18.4 Å². The summed E-state index contributed by atoms with van der Waals surface area (Å²) in [5.74, 6) is 0.130. The van der Waals surface area contributed by atoms with Crippen LogP contribution in [0, 0.1) is 0 Å². The lowest BCUT2D eigenvalue weighted by molar-refractivity contribution is -0.159. The summed E-state index contributed by atoms with van der Waals surface area (Å²) in [7, 11) is 3.53. The van der Waals surface area contributed by atoms with E-state index in [4.69, 9.17) is 9.47 Å². The molecule has 0 aromatic heterocycles. The molecule has 0 radical (unpaired) electrons. The maximum absolute atomic E-state index is 11.6. The standard InChI is InChI=1S/C14H19NO4/c1-15-9-7-14(8-10-15,13(16)17)19-12-6-4-3-5-11(12)18-2/h3-6H,7-10H2,1-2H3,(H,16,17). The van der Waals surface area contributed by atoms with E-state index in [1.54, 1.807) is 19.2 Å². The molecule has 1 fully saturated rings. The van der Waals surface area contributed by atoms with Gasteiger partial charge < -0.3 is 19.5 Å². The first-order valence-corrected chi connectivity index (χ1v) is 6.31. The second kappa shape index (κ2) is 5.48. The molecule has 1 aromatic rings. The monoisotopic (exact) mass is 265 g/mol. The molecule has 1 aliphatic heterocycles. The van der Waals surface area contributed by atoms with E-state index in [2.05, 4.69) is 4.90 Å². The van der Waals surface area contributed by atoms with Gasteiger partial charge in [0.05, 0.1) is 7.11 Å². The molecular formula is C14H19NO4. The number of hydrogen-bond donors (Lipinski definition) is 1. The fourth-order valence-corrected chi connectivity index (χ4v) is 2.25. The van der Waals surface area contributed by atoms with Gasteiger partial charge in [-0.3, -0.25) is 0 Å². The Hall–Kier alpha value is -1.75. The van der Waals surface area contributed by atoms with E-state index >= 15 is 0 Å². The molecule has 0 atom stereocenters. The summed E-state index contributed by atoms with van der Waals surface area (Å²) in [6.45, 7) is 1.42. The molecule has 0 bridgehead atoms. The van der Waals surface area contributed by atoms with Gasteiger partial charge in [0.15, 0.2) is 11.5 Å². The smallest absolute Gasteiger partial charge is 0.348 e. The molecule has 19 heavy (non-hydrogen) atoms. The minimum atomic E-state index is -1.15. The number of carbonyl (C=O) groups is 1. The molecule has 0 spiro atoms. The van der Waals surface area contributed by atoms with Crippen molar-refractivity contribution in [1.82, 2.24) is 4.90 Å². The SMILES string of the molecule is COc1ccccc1OC1(C(=O)O)CCN(C)CC1. The van der Waals surface area contributed by atoms with Crippen LogP contribution in [0.1, 0.15) is 12.8 Å². The van der Waals surface area contributed by atoms with Gasteiger partial charge in [0.25, 0.3) is 0 Å². The number of nitrogens with zero attached hydrogens (tertiary/aromatic N) is 1. The minimum Gasteiger partial charge on any atom is -0.493 e. The van der Waals surface area contributed by atoms with Gasteiger partial charge in [-0.15, -0.1) is 0 Å². The van der Waals surface area contributed by atoms with Gasteiger partial charge in [-0.1, -0.05) is 12.1 Å². The van der Waals surface area contributed by atoms with E-state index in [-0.39, 0.29) is 0 Å². The third kappa shape index (κ3) is 2.81. The average molecular weight is 265 g/mol. The van der Waals surface area contributed by atoms with Crippen molar-refractivity contribution in [3.05, 3.63) is 24.3 Å². The molecule has 1 N–H and O–H groups in total. The first-order valence-electron chi connectivity index (χ1n) is 6.31. The highest BCUT2D eigenvalue weighted by atomic mass is 16.5. The average Bonchev–Trinajstić information content (AvgIpc) is 2.42. The van der Waals surface area contributed by atoms with E-state index in [9.17, 15) is 9.90 Å². The predicted molar refractivity (Wildman–Crippen MR) is 70.7 cm³/mol. The van der Waals surface area contributed by atoms with Crippen LogP contribution in [0.15, 0.2) is 24.3 Å². The van der Waals surface area contributed by atoms with Gasteiger partial charge in [-0.05, 0) is 19.2 Å². The molecule has 0 amide bonds. The molecule has 0 aliphatic carbocycles. The topological polar surface area (TPSA) is 59.0 Å². The Morgan fingerprint density at radius 1 is 1.26 bits per heavy atom. The van der Waals surface area contributed by atoms with Crippen molar-refractivity contribution in [3.63, 3.8) is 0 Å². The first-order chi connectivity index (χ1) is 9.07. The van der Waals surface area contributed by atoms with Crippen LogP contribution in [0.5, 0.6) is 11.5 Å². The van der Waals surface area contributed by atoms with E-state index in [1.807, 2.05) is 19.2 Å². The normalized spacial score (nSPS) is 18.8. The van der Waals surface area contributed by atoms with E-state index in [0.717, 1.165) is 0 Å². The summed E-state index contributed by atoms with van der Waals surface area (Å²) in [6.07, 6.45) is 0.938. The van der Waals surface area contributed by atoms with Gasteiger partial charge >= 0.3 is 5.97 Å². The van der Waals surface area contributed by atoms with Crippen LogP contribution in [0.3, 0.4) is 0 Å². The van der Waals surface area contributed by atoms with Crippen molar-refractivity contribution in [3.8, 4) is 11.5 Å². The third-order valence-corrected chi connectivity index (χ3v) is 3.56. The minimum absolute atomic E-state index is 0.469. The summed E-state index contributed by atoms with van der Waals surface area (Å²) in [5, 5.41) is 9.52. The van der Waals surface area contributed by atoms with E-state index in [0.29, 0.717) is 37.4 Å². The Balaban J connectivity index is 2.24. The Labute approximate surface area is 112 Å². The number of methoxy groups -OCH3 is 1. The zero-order valence-electron chi connectivity index (χ0n) is 11.3. The molecule has 1 saturated heterocycles. The first kappa shape index (κ1) is 13.7. The number of likely N-dealkylation sites (tertiary alicyclic amines) is 1. The molecule has 0 saturated carbocycles. The quantitative estimate of drug-likeness (QED) is 0.896. The highest BCUT2D eigenvalue weighted by Gasteiger charge is 2.43. The Morgan fingerprint density at radius 3 is 2.37 bits per heavy atom. The fraction of sp³-hybridized carbons (Fsp3) is 0.500. The van der Waals surface area contributed by atoms with Gasteiger partial charge in [0, 0.05) is 25.9 Å². The molecule has 2 rings (SSSR count). The lowest BCUT2D eigenvalue weighted by Crippen LogP contribution is -2.52. The second-order valence-corrected chi connectivity index (χ2v) is 4.86. The van der Waals surface area contributed by atoms with Gasteiger partial charge in [0.1, 0.15) is 0 Å². The van der Waals surface area contributed by atoms with Gasteiger partial charge in [-0.25, -0.2) is 4.79 Å². The number of carboxylic acid groups (broad SMARTS) is 1. The largest absolute Gasteiger partial charge is 0.493 e. The van der Waals surface area contributed by atoms with E-state index in [1.165, 1.54) is 0 Å². The van der Waals surface area contributed by atoms with Crippen LogP contribution in [0.4, 0.5) is 0 Å². The zero-order valence-corrected chi connectivity index (χ0v) is 11.3.